The molecule has 24 heavy (non-hydrogen) atoms. The van der Waals surface area contributed by atoms with Crippen LogP contribution in [0, 0.1) is 11.8 Å². The summed E-state index contributed by atoms with van der Waals surface area (Å²) in [5.41, 5.74) is 1.09. The van der Waals surface area contributed by atoms with E-state index in [1.165, 1.54) is 0 Å². The van der Waals surface area contributed by atoms with Gasteiger partial charge in [-0.3, -0.25) is 13.3 Å². The molecule has 0 radical (unpaired) electrons. The second-order valence-corrected chi connectivity index (χ2v) is 9.56. The average Bonchev–Trinajstić information content (AvgIpc) is 3.02. The molecule has 0 amide bonds. The second kappa shape index (κ2) is 8.95. The minimum absolute atomic E-state index is 0.0549. The Hall–Kier alpha value is -0.200. The van der Waals surface area contributed by atoms with E-state index >= 15 is 0 Å². The van der Waals surface area contributed by atoms with Crippen molar-refractivity contribution < 1.29 is 27.5 Å². The molecule has 2 aliphatic rings. The van der Waals surface area contributed by atoms with Crippen molar-refractivity contribution in [3.05, 3.63) is 11.3 Å². The van der Waals surface area contributed by atoms with Gasteiger partial charge in [-0.1, -0.05) is 6.92 Å². The van der Waals surface area contributed by atoms with E-state index in [1.54, 1.807) is 13.8 Å². The lowest BCUT2D eigenvalue weighted by Crippen LogP contribution is -2.38. The predicted octanol–water partition coefficient (Wildman–Crippen LogP) is 3.39. The fourth-order valence-corrected chi connectivity index (χ4v) is 6.49. The summed E-state index contributed by atoms with van der Waals surface area (Å²) in [6.07, 6.45) is 3.72. The van der Waals surface area contributed by atoms with E-state index in [9.17, 15) is 13.9 Å². The van der Waals surface area contributed by atoms with E-state index < -0.39 is 23.9 Å². The van der Waals surface area contributed by atoms with Crippen molar-refractivity contribution in [1.29, 1.82) is 0 Å². The summed E-state index contributed by atoms with van der Waals surface area (Å²) in [6.45, 7) is 5.65. The highest BCUT2D eigenvalue weighted by molar-refractivity contribution is 7.85. The van der Waals surface area contributed by atoms with Gasteiger partial charge in [-0.15, -0.1) is 0 Å². The quantitative estimate of drug-likeness (QED) is 0.618. The van der Waals surface area contributed by atoms with Crippen molar-refractivity contribution in [3.8, 4) is 0 Å². The van der Waals surface area contributed by atoms with Gasteiger partial charge >= 0.3 is 7.82 Å². The van der Waals surface area contributed by atoms with Crippen LogP contribution >= 0.6 is 7.82 Å². The highest BCUT2D eigenvalue weighted by Crippen LogP contribution is 2.56. The third kappa shape index (κ3) is 4.31. The molecule has 4 atom stereocenters. The average molecular weight is 380 g/mol. The molecule has 2 aliphatic carbocycles. The SMILES string of the molecule is CCOP(=O)(OCC)OC1=C2CCC[C@@H]2CC(CO)C1S(=O)CC. The molecule has 2 rings (SSSR count). The van der Waals surface area contributed by atoms with Crippen molar-refractivity contribution in [2.75, 3.05) is 25.6 Å². The van der Waals surface area contributed by atoms with Crippen LogP contribution in [0.5, 0.6) is 0 Å². The summed E-state index contributed by atoms with van der Waals surface area (Å²) in [5.74, 6) is 1.11. The molecule has 0 aromatic carbocycles. The first-order chi connectivity index (χ1) is 11.5. The van der Waals surface area contributed by atoms with Crippen molar-refractivity contribution in [3.63, 3.8) is 0 Å². The Balaban J connectivity index is 2.42. The van der Waals surface area contributed by atoms with Gasteiger partial charge in [0.15, 0.2) is 0 Å². The summed E-state index contributed by atoms with van der Waals surface area (Å²) in [4.78, 5) is 0. The molecule has 3 unspecified atom stereocenters. The summed E-state index contributed by atoms with van der Waals surface area (Å²) in [5, 5.41) is 9.36. The number of aliphatic hydroxyl groups excluding tert-OH is 1. The van der Waals surface area contributed by atoms with E-state index in [1.807, 2.05) is 6.92 Å². The standard InChI is InChI=1S/C16H29O6PS/c1-4-20-23(18,21-5-2)22-15-14-9-7-8-12(14)10-13(11-17)16(15)24(19)6-3/h12-13,16-17H,4-11H2,1-3H3/t12-,13?,16?,24?/m1/s1. The summed E-state index contributed by atoms with van der Waals surface area (Å²) >= 11 is 0. The molecular weight excluding hydrogens is 351 g/mol. The topological polar surface area (TPSA) is 82.1 Å². The largest absolute Gasteiger partial charge is 0.529 e. The van der Waals surface area contributed by atoms with Gasteiger partial charge in [0.25, 0.3) is 0 Å². The van der Waals surface area contributed by atoms with Crippen LogP contribution in [-0.4, -0.2) is 40.1 Å². The number of phosphoric acid groups is 1. The molecule has 0 aromatic heterocycles. The fraction of sp³-hybridized carbons (Fsp3) is 0.875. The lowest BCUT2D eigenvalue weighted by molar-refractivity contribution is 0.127. The van der Waals surface area contributed by atoms with Gasteiger partial charge < -0.3 is 9.63 Å². The smallest absolute Gasteiger partial charge is 0.407 e. The molecular formula is C16H29O6PS. The van der Waals surface area contributed by atoms with Crippen LogP contribution in [-0.2, 0) is 28.9 Å². The van der Waals surface area contributed by atoms with Crippen LogP contribution in [0.15, 0.2) is 11.3 Å². The van der Waals surface area contributed by atoms with Gasteiger partial charge in [0, 0.05) is 29.1 Å². The first-order valence-electron chi connectivity index (χ1n) is 8.79. The highest BCUT2D eigenvalue weighted by Gasteiger charge is 2.45. The third-order valence-corrected chi connectivity index (χ3v) is 7.97. The Labute approximate surface area is 147 Å². The first kappa shape index (κ1) is 20.1. The number of hydrogen-bond acceptors (Lipinski definition) is 6. The molecule has 0 saturated heterocycles. The molecule has 0 bridgehead atoms. The normalized spacial score (nSPS) is 28.8. The molecule has 1 N–H and O–H groups in total. The van der Waals surface area contributed by atoms with Gasteiger partial charge in [0.05, 0.1) is 18.5 Å². The number of hydrogen-bond donors (Lipinski definition) is 1. The Morgan fingerprint density at radius 2 is 1.92 bits per heavy atom. The second-order valence-electron chi connectivity index (χ2n) is 6.12. The lowest BCUT2D eigenvalue weighted by Gasteiger charge is -2.36. The zero-order valence-electron chi connectivity index (χ0n) is 14.7. The maximum atomic E-state index is 12.9. The van der Waals surface area contributed by atoms with E-state index in [0.29, 0.717) is 17.4 Å². The molecule has 140 valence electrons. The Kier molecular flexibility index (Phi) is 7.50. The Morgan fingerprint density at radius 3 is 2.46 bits per heavy atom. The molecule has 0 aliphatic heterocycles. The van der Waals surface area contributed by atoms with Crippen molar-refractivity contribution in [2.45, 2.75) is 51.7 Å². The van der Waals surface area contributed by atoms with Gasteiger partial charge in [0.1, 0.15) is 5.76 Å². The minimum Gasteiger partial charge on any atom is -0.407 e. The van der Waals surface area contributed by atoms with Gasteiger partial charge in [-0.05, 0) is 51.0 Å². The molecule has 1 saturated carbocycles. The summed E-state index contributed by atoms with van der Waals surface area (Å²) < 4.78 is 41.9. The maximum absolute atomic E-state index is 12.9. The van der Waals surface area contributed by atoms with Crippen molar-refractivity contribution in [1.82, 2.24) is 0 Å². The van der Waals surface area contributed by atoms with Gasteiger partial charge in [-0.2, -0.15) is 0 Å². The monoisotopic (exact) mass is 380 g/mol. The molecule has 0 aromatic rings. The number of allylic oxidation sites excluding steroid dienone is 1. The van der Waals surface area contributed by atoms with Crippen LogP contribution in [0.3, 0.4) is 0 Å². The predicted molar refractivity (Wildman–Crippen MR) is 94.0 cm³/mol. The van der Waals surface area contributed by atoms with Gasteiger partial charge in [-0.25, -0.2) is 4.57 Å². The third-order valence-electron chi connectivity index (χ3n) is 4.67. The summed E-state index contributed by atoms with van der Waals surface area (Å²) in [6, 6.07) is 0. The number of aliphatic hydroxyl groups is 1. The van der Waals surface area contributed by atoms with E-state index in [2.05, 4.69) is 0 Å². The molecule has 0 heterocycles. The van der Waals surface area contributed by atoms with Crippen LogP contribution in [0.4, 0.5) is 0 Å². The summed E-state index contributed by atoms with van der Waals surface area (Å²) in [7, 11) is -4.94. The molecule has 8 heteroatoms. The van der Waals surface area contributed by atoms with Crippen molar-refractivity contribution in [2.24, 2.45) is 11.8 Å². The van der Waals surface area contributed by atoms with E-state index in [0.717, 1.165) is 31.3 Å². The van der Waals surface area contributed by atoms with E-state index in [-0.39, 0.29) is 25.7 Å². The molecule has 1 fully saturated rings. The Bertz CT molecular complexity index is 525. The molecule has 0 spiro atoms. The van der Waals surface area contributed by atoms with Crippen LogP contribution in [0.25, 0.3) is 0 Å². The minimum atomic E-state index is -3.74. The van der Waals surface area contributed by atoms with Crippen LogP contribution in [0.2, 0.25) is 0 Å². The number of phosphoric ester groups is 1. The van der Waals surface area contributed by atoms with Crippen LogP contribution in [0.1, 0.15) is 46.5 Å². The zero-order chi connectivity index (χ0) is 17.7. The maximum Gasteiger partial charge on any atom is 0.529 e. The van der Waals surface area contributed by atoms with E-state index in [4.69, 9.17) is 13.6 Å². The Morgan fingerprint density at radius 1 is 1.25 bits per heavy atom. The number of fused-ring (bicyclic) bond motifs is 1. The highest BCUT2D eigenvalue weighted by atomic mass is 32.2. The van der Waals surface area contributed by atoms with Crippen molar-refractivity contribution >= 4 is 18.6 Å². The van der Waals surface area contributed by atoms with Crippen LogP contribution < -0.4 is 0 Å². The zero-order valence-corrected chi connectivity index (χ0v) is 16.4. The molecule has 6 nitrogen and oxygen atoms in total. The fourth-order valence-electron chi connectivity index (χ4n) is 3.71. The van der Waals surface area contributed by atoms with Gasteiger partial charge in [0.2, 0.25) is 0 Å². The first-order valence-corrected chi connectivity index (χ1v) is 11.6. The number of rotatable bonds is 9. The lowest BCUT2D eigenvalue weighted by atomic mass is 9.81.